The zero-order valence-corrected chi connectivity index (χ0v) is 20.0. The van der Waals surface area contributed by atoms with Gasteiger partial charge in [-0.3, -0.25) is 9.10 Å². The van der Waals surface area contributed by atoms with Gasteiger partial charge in [0.15, 0.2) is 5.43 Å². The minimum atomic E-state index is -3.85. The Hall–Kier alpha value is -1.54. The van der Waals surface area contributed by atoms with Gasteiger partial charge in [0, 0.05) is 43.9 Å². The SMILES string of the molecule is CCC1CCc2c(sc3cc(N(C)S(=O)(=O)C4=CC(Cl)=CCC4=S)ccc3c2=O)C1. The van der Waals surface area contributed by atoms with Crippen molar-refractivity contribution in [2.45, 2.75) is 39.0 Å². The lowest BCUT2D eigenvalue weighted by atomic mass is 9.87. The van der Waals surface area contributed by atoms with Gasteiger partial charge in [-0.15, -0.1) is 11.3 Å². The van der Waals surface area contributed by atoms with Crippen molar-refractivity contribution in [1.29, 1.82) is 0 Å². The van der Waals surface area contributed by atoms with Gasteiger partial charge in [0.1, 0.15) is 4.91 Å². The van der Waals surface area contributed by atoms with Crippen LogP contribution in [-0.2, 0) is 22.9 Å². The number of anilines is 1. The molecule has 8 heteroatoms. The molecule has 0 fully saturated rings. The van der Waals surface area contributed by atoms with Gasteiger partial charge in [0.25, 0.3) is 10.0 Å². The summed E-state index contributed by atoms with van der Waals surface area (Å²) in [5, 5.41) is 1.02. The molecule has 2 aliphatic carbocycles. The Labute approximate surface area is 190 Å². The highest BCUT2D eigenvalue weighted by Gasteiger charge is 2.29. The molecule has 0 aliphatic heterocycles. The van der Waals surface area contributed by atoms with Gasteiger partial charge >= 0.3 is 0 Å². The summed E-state index contributed by atoms with van der Waals surface area (Å²) in [5.41, 5.74) is 1.51. The second kappa shape index (κ2) is 8.19. The van der Waals surface area contributed by atoms with E-state index >= 15 is 0 Å². The van der Waals surface area contributed by atoms with Crippen molar-refractivity contribution in [2.75, 3.05) is 11.4 Å². The first kappa shape index (κ1) is 21.7. The molecule has 0 spiro atoms. The maximum atomic E-state index is 13.2. The van der Waals surface area contributed by atoms with Crippen LogP contribution in [0.5, 0.6) is 0 Å². The van der Waals surface area contributed by atoms with Gasteiger partial charge in [-0.25, -0.2) is 8.42 Å². The van der Waals surface area contributed by atoms with Crippen LogP contribution in [0, 0.1) is 5.92 Å². The van der Waals surface area contributed by atoms with Crippen LogP contribution in [0.3, 0.4) is 0 Å². The normalized spacial score (nSPS) is 19.3. The van der Waals surface area contributed by atoms with E-state index in [0.717, 1.165) is 40.8 Å². The number of halogens is 1. The summed E-state index contributed by atoms with van der Waals surface area (Å²) < 4.78 is 28.4. The highest BCUT2D eigenvalue weighted by molar-refractivity contribution is 7.99. The topological polar surface area (TPSA) is 54.5 Å². The predicted molar refractivity (Wildman–Crippen MR) is 130 cm³/mol. The van der Waals surface area contributed by atoms with Crippen LogP contribution >= 0.6 is 35.2 Å². The lowest BCUT2D eigenvalue weighted by Gasteiger charge is -2.24. The minimum absolute atomic E-state index is 0.0528. The quantitative estimate of drug-likeness (QED) is 0.556. The number of allylic oxidation sites excluding steroid dienone is 4. The molecule has 1 aromatic carbocycles. The molecular formula is C22H22ClNO3S3. The third-order valence-electron chi connectivity index (χ3n) is 5.94. The van der Waals surface area contributed by atoms with Crippen molar-refractivity contribution in [2.24, 2.45) is 5.92 Å². The Balaban J connectivity index is 1.77. The van der Waals surface area contributed by atoms with Gasteiger partial charge in [-0.2, -0.15) is 0 Å². The molecule has 0 amide bonds. The standard InChI is InChI=1S/C22H22ClNO3S3/c1-3-13-4-7-16-19(10-13)29-20-12-15(6-8-17(20)22(16)25)24(2)30(26,27)21-11-14(23)5-9-18(21)28/h5-6,8,11-13H,3-4,7,9-10H2,1-2H3. The van der Waals surface area contributed by atoms with E-state index in [4.69, 9.17) is 23.8 Å². The van der Waals surface area contributed by atoms with Crippen molar-refractivity contribution >= 4 is 65.8 Å². The fourth-order valence-corrected chi connectivity index (χ4v) is 7.40. The predicted octanol–water partition coefficient (Wildman–Crippen LogP) is 5.32. The van der Waals surface area contributed by atoms with Gasteiger partial charge in [-0.05, 0) is 49.5 Å². The van der Waals surface area contributed by atoms with E-state index in [1.54, 1.807) is 35.6 Å². The fraction of sp³-hybridized carbons (Fsp3) is 0.364. The van der Waals surface area contributed by atoms with Crippen LogP contribution in [-0.4, -0.2) is 20.3 Å². The highest BCUT2D eigenvalue weighted by Crippen LogP contribution is 2.34. The number of rotatable bonds is 4. The molecule has 1 aromatic heterocycles. The largest absolute Gasteiger partial charge is 0.289 e. The zero-order chi connectivity index (χ0) is 21.6. The molecule has 0 saturated carbocycles. The Morgan fingerprint density at radius 2 is 2.10 bits per heavy atom. The van der Waals surface area contributed by atoms with Crippen molar-refractivity contribution < 1.29 is 8.42 Å². The van der Waals surface area contributed by atoms with Crippen LogP contribution in [0.25, 0.3) is 10.1 Å². The Bertz CT molecular complexity index is 1270. The first-order chi connectivity index (χ1) is 14.2. The Morgan fingerprint density at radius 3 is 2.83 bits per heavy atom. The Kier molecular flexibility index (Phi) is 5.92. The van der Waals surface area contributed by atoms with Crippen LogP contribution in [0.1, 0.15) is 36.6 Å². The third kappa shape index (κ3) is 3.77. The summed E-state index contributed by atoms with van der Waals surface area (Å²) in [6, 6.07) is 5.21. The first-order valence-corrected chi connectivity index (χ1v) is 12.9. The third-order valence-corrected chi connectivity index (χ3v) is 9.78. The van der Waals surface area contributed by atoms with E-state index in [1.807, 2.05) is 0 Å². The number of fused-ring (bicyclic) bond motifs is 2. The highest BCUT2D eigenvalue weighted by atomic mass is 35.5. The van der Waals surface area contributed by atoms with Crippen LogP contribution in [0.2, 0.25) is 0 Å². The first-order valence-electron chi connectivity index (χ1n) is 9.90. The van der Waals surface area contributed by atoms with Gasteiger partial charge in [-0.1, -0.05) is 43.2 Å². The molecule has 1 heterocycles. The second-order valence-corrected chi connectivity index (χ2v) is 11.7. The monoisotopic (exact) mass is 479 g/mol. The lowest BCUT2D eigenvalue weighted by Crippen LogP contribution is -2.31. The molecule has 0 radical (unpaired) electrons. The molecule has 0 bridgehead atoms. The number of nitrogens with zero attached hydrogens (tertiary/aromatic N) is 1. The van der Waals surface area contributed by atoms with E-state index in [-0.39, 0.29) is 10.3 Å². The number of benzene rings is 1. The zero-order valence-electron chi connectivity index (χ0n) is 16.8. The van der Waals surface area contributed by atoms with Crippen molar-refractivity contribution in [3.05, 3.63) is 61.0 Å². The van der Waals surface area contributed by atoms with E-state index in [1.165, 1.54) is 17.4 Å². The van der Waals surface area contributed by atoms with Crippen molar-refractivity contribution in [1.82, 2.24) is 0 Å². The average molecular weight is 480 g/mol. The molecule has 30 heavy (non-hydrogen) atoms. The van der Waals surface area contributed by atoms with Crippen molar-refractivity contribution in [3.8, 4) is 0 Å². The molecule has 4 nitrogen and oxygen atoms in total. The van der Waals surface area contributed by atoms with E-state index in [9.17, 15) is 13.2 Å². The van der Waals surface area contributed by atoms with Gasteiger partial charge in [0.05, 0.1) is 5.69 Å². The van der Waals surface area contributed by atoms with Crippen molar-refractivity contribution in [3.63, 3.8) is 0 Å². The van der Waals surface area contributed by atoms with Crippen LogP contribution in [0.4, 0.5) is 5.69 Å². The molecule has 2 aromatic rings. The van der Waals surface area contributed by atoms with E-state index in [0.29, 0.717) is 33.3 Å². The second-order valence-electron chi connectivity index (χ2n) is 7.73. The maximum absolute atomic E-state index is 13.2. The number of sulfonamides is 1. The maximum Gasteiger partial charge on any atom is 0.265 e. The minimum Gasteiger partial charge on any atom is -0.289 e. The van der Waals surface area contributed by atoms with Gasteiger partial charge < -0.3 is 0 Å². The van der Waals surface area contributed by atoms with E-state index in [2.05, 4.69) is 6.92 Å². The summed E-state index contributed by atoms with van der Waals surface area (Å²) in [6.45, 7) is 2.18. The Morgan fingerprint density at radius 1 is 1.33 bits per heavy atom. The molecule has 0 N–H and O–H groups in total. The lowest BCUT2D eigenvalue weighted by molar-refractivity contribution is 0.448. The number of hydrogen-bond donors (Lipinski definition) is 0. The number of thiocarbonyl (C=S) groups is 1. The smallest absolute Gasteiger partial charge is 0.265 e. The van der Waals surface area contributed by atoms with Crippen LogP contribution in [0.15, 0.2) is 45.1 Å². The van der Waals surface area contributed by atoms with E-state index < -0.39 is 10.0 Å². The summed E-state index contributed by atoms with van der Waals surface area (Å²) in [6.07, 6.45) is 7.34. The fourth-order valence-electron chi connectivity index (χ4n) is 4.00. The van der Waals surface area contributed by atoms with Gasteiger partial charge in [0.2, 0.25) is 0 Å². The molecule has 2 aliphatic rings. The summed E-state index contributed by atoms with van der Waals surface area (Å²) in [5.74, 6) is 0.605. The van der Waals surface area contributed by atoms with Crippen LogP contribution < -0.4 is 9.73 Å². The molecule has 1 atom stereocenters. The molecular weight excluding hydrogens is 458 g/mol. The summed E-state index contributed by atoms with van der Waals surface area (Å²) >= 11 is 12.9. The average Bonchev–Trinajstić information content (AvgIpc) is 2.74. The molecule has 158 valence electrons. The molecule has 0 saturated heterocycles. The summed E-state index contributed by atoms with van der Waals surface area (Å²) in [7, 11) is -2.35. The summed E-state index contributed by atoms with van der Waals surface area (Å²) in [4.78, 5) is 14.5. The molecule has 4 rings (SSSR count). The number of hydrogen-bond acceptors (Lipinski definition) is 5. The molecule has 1 unspecified atom stereocenters.